The van der Waals surface area contributed by atoms with Crippen LogP contribution in [-0.4, -0.2) is 32.2 Å². The number of rotatable bonds is 6. The maximum atomic E-state index is 12.4. The van der Waals surface area contributed by atoms with Gasteiger partial charge in [-0.3, -0.25) is 4.79 Å². The van der Waals surface area contributed by atoms with Crippen LogP contribution in [-0.2, 0) is 9.53 Å². The maximum absolute atomic E-state index is 12.4. The first-order valence-corrected chi connectivity index (χ1v) is 7.61. The lowest BCUT2D eigenvalue weighted by molar-refractivity contribution is -0.122. The molecule has 0 aliphatic rings. The van der Waals surface area contributed by atoms with Crippen molar-refractivity contribution in [1.82, 2.24) is 10.6 Å². The summed E-state index contributed by atoms with van der Waals surface area (Å²) < 4.78 is 4.56. The van der Waals surface area contributed by atoms with Gasteiger partial charge in [-0.05, 0) is 16.3 Å². The molecule has 124 valence electrons. The minimum Gasteiger partial charge on any atom is -0.453 e. The van der Waals surface area contributed by atoms with E-state index in [0.717, 1.165) is 16.3 Å². The summed E-state index contributed by atoms with van der Waals surface area (Å²) >= 11 is 0. The molecule has 0 aliphatic carbocycles. The summed E-state index contributed by atoms with van der Waals surface area (Å²) in [7, 11) is 1.27. The number of carbonyl (C=O) groups excluding carboxylic acids is 2. The molecular formula is C18H19N3O3. The fraction of sp³-hybridized carbons (Fsp3) is 0.278. The summed E-state index contributed by atoms with van der Waals surface area (Å²) in [6.07, 6.45) is -0.355. The second-order valence-corrected chi connectivity index (χ2v) is 5.23. The molecule has 2 amide bonds. The van der Waals surface area contributed by atoms with E-state index in [1.165, 1.54) is 7.11 Å². The molecule has 2 aromatic carbocycles. The topological polar surface area (TPSA) is 91.2 Å². The Labute approximate surface area is 140 Å². The van der Waals surface area contributed by atoms with Gasteiger partial charge in [0.25, 0.3) is 0 Å². The zero-order valence-corrected chi connectivity index (χ0v) is 13.4. The molecule has 1 atom stereocenters. The van der Waals surface area contributed by atoms with Crippen LogP contribution in [0.15, 0.2) is 42.5 Å². The van der Waals surface area contributed by atoms with Crippen LogP contribution < -0.4 is 10.6 Å². The third-order valence-electron chi connectivity index (χ3n) is 3.66. The van der Waals surface area contributed by atoms with Crippen LogP contribution in [0.3, 0.4) is 0 Å². The predicted octanol–water partition coefficient (Wildman–Crippen LogP) is 2.31. The molecule has 0 bridgehead atoms. The highest BCUT2D eigenvalue weighted by Gasteiger charge is 2.21. The van der Waals surface area contributed by atoms with Gasteiger partial charge in [0, 0.05) is 13.1 Å². The number of nitriles is 1. The third-order valence-corrected chi connectivity index (χ3v) is 3.66. The summed E-state index contributed by atoms with van der Waals surface area (Å²) in [4.78, 5) is 23.8. The highest BCUT2D eigenvalue weighted by Crippen LogP contribution is 2.22. The highest BCUT2D eigenvalue weighted by molar-refractivity contribution is 5.88. The van der Waals surface area contributed by atoms with Crippen molar-refractivity contribution in [1.29, 1.82) is 5.26 Å². The van der Waals surface area contributed by atoms with E-state index in [2.05, 4.69) is 15.4 Å². The fourth-order valence-electron chi connectivity index (χ4n) is 2.41. The van der Waals surface area contributed by atoms with Crippen LogP contribution in [0, 0.1) is 11.3 Å². The van der Waals surface area contributed by atoms with Crippen LogP contribution in [0.2, 0.25) is 0 Å². The van der Waals surface area contributed by atoms with Crippen LogP contribution in [0.4, 0.5) is 4.79 Å². The van der Waals surface area contributed by atoms with E-state index in [-0.39, 0.29) is 25.4 Å². The highest BCUT2D eigenvalue weighted by atomic mass is 16.5. The van der Waals surface area contributed by atoms with Crippen molar-refractivity contribution in [3.63, 3.8) is 0 Å². The number of carbonyl (C=O) groups is 2. The van der Waals surface area contributed by atoms with Gasteiger partial charge in [-0.1, -0.05) is 42.5 Å². The average molecular weight is 325 g/mol. The number of nitrogens with one attached hydrogen (secondary N) is 2. The van der Waals surface area contributed by atoms with E-state index in [4.69, 9.17) is 5.26 Å². The number of ether oxygens (including phenoxy) is 1. The van der Waals surface area contributed by atoms with Crippen molar-refractivity contribution in [2.24, 2.45) is 0 Å². The standard InChI is InChI=1S/C18H19N3O3/c1-24-18(23)21-12-16(17(22)20-10-4-9-19)15-8-7-13-5-2-3-6-14(13)11-15/h2-3,5-8,11,16H,4,10,12H2,1H3,(H,20,22)(H,21,23). The minimum atomic E-state index is -0.592. The van der Waals surface area contributed by atoms with Crippen molar-refractivity contribution in [3.8, 4) is 6.07 Å². The Morgan fingerprint density at radius 1 is 1.17 bits per heavy atom. The molecule has 0 radical (unpaired) electrons. The molecule has 0 aromatic heterocycles. The van der Waals surface area contributed by atoms with Gasteiger partial charge in [-0.15, -0.1) is 0 Å². The van der Waals surface area contributed by atoms with E-state index in [9.17, 15) is 9.59 Å². The number of fused-ring (bicyclic) bond motifs is 1. The van der Waals surface area contributed by atoms with Gasteiger partial charge >= 0.3 is 6.09 Å². The van der Waals surface area contributed by atoms with Crippen molar-refractivity contribution in [2.45, 2.75) is 12.3 Å². The first-order valence-electron chi connectivity index (χ1n) is 7.61. The second-order valence-electron chi connectivity index (χ2n) is 5.23. The zero-order chi connectivity index (χ0) is 17.4. The van der Waals surface area contributed by atoms with Crippen molar-refractivity contribution in [2.75, 3.05) is 20.2 Å². The molecule has 6 nitrogen and oxygen atoms in total. The Balaban J connectivity index is 2.23. The van der Waals surface area contributed by atoms with Gasteiger partial charge in [0.15, 0.2) is 0 Å². The zero-order valence-electron chi connectivity index (χ0n) is 13.4. The first kappa shape index (κ1) is 17.3. The van der Waals surface area contributed by atoms with E-state index in [1.807, 2.05) is 48.5 Å². The minimum absolute atomic E-state index is 0.114. The predicted molar refractivity (Wildman–Crippen MR) is 90.3 cm³/mol. The molecule has 0 spiro atoms. The number of hydrogen-bond donors (Lipinski definition) is 2. The van der Waals surface area contributed by atoms with Gasteiger partial charge < -0.3 is 15.4 Å². The summed E-state index contributed by atoms with van der Waals surface area (Å²) in [5, 5.41) is 16.0. The number of hydrogen-bond acceptors (Lipinski definition) is 4. The molecule has 6 heteroatoms. The van der Waals surface area contributed by atoms with Gasteiger partial charge in [-0.25, -0.2) is 4.79 Å². The maximum Gasteiger partial charge on any atom is 0.406 e. The average Bonchev–Trinajstić information content (AvgIpc) is 2.61. The molecule has 0 heterocycles. The smallest absolute Gasteiger partial charge is 0.406 e. The quantitative estimate of drug-likeness (QED) is 0.797. The molecule has 0 aliphatic heterocycles. The Morgan fingerprint density at radius 3 is 2.62 bits per heavy atom. The fourth-order valence-corrected chi connectivity index (χ4v) is 2.41. The van der Waals surface area contributed by atoms with E-state index in [1.54, 1.807) is 0 Å². The Morgan fingerprint density at radius 2 is 1.92 bits per heavy atom. The van der Waals surface area contributed by atoms with Gasteiger partial charge in [0.2, 0.25) is 5.91 Å². The summed E-state index contributed by atoms with van der Waals surface area (Å²) in [5.41, 5.74) is 0.791. The van der Waals surface area contributed by atoms with Crippen molar-refractivity contribution >= 4 is 22.8 Å². The molecular weight excluding hydrogens is 306 g/mol. The van der Waals surface area contributed by atoms with Crippen LogP contribution >= 0.6 is 0 Å². The monoisotopic (exact) mass is 325 g/mol. The molecule has 0 saturated heterocycles. The Kier molecular flexibility index (Phi) is 6.15. The molecule has 0 saturated carbocycles. The molecule has 0 fully saturated rings. The number of alkyl carbamates (subject to hydrolysis) is 1. The normalized spacial score (nSPS) is 11.3. The SMILES string of the molecule is COC(=O)NCC(C(=O)NCCC#N)c1ccc2ccccc2c1. The molecule has 2 aromatic rings. The van der Waals surface area contributed by atoms with E-state index < -0.39 is 12.0 Å². The largest absolute Gasteiger partial charge is 0.453 e. The number of amides is 2. The summed E-state index contributed by atoms with van der Waals surface area (Å²) in [6, 6.07) is 15.6. The molecule has 2 N–H and O–H groups in total. The lowest BCUT2D eigenvalue weighted by atomic mass is 9.95. The summed E-state index contributed by atoms with van der Waals surface area (Å²) in [5.74, 6) is -0.802. The van der Waals surface area contributed by atoms with Gasteiger partial charge in [-0.2, -0.15) is 5.26 Å². The number of nitrogens with zero attached hydrogens (tertiary/aromatic N) is 1. The molecule has 24 heavy (non-hydrogen) atoms. The third kappa shape index (κ3) is 4.46. The van der Waals surface area contributed by atoms with E-state index in [0.29, 0.717) is 0 Å². The lowest BCUT2D eigenvalue weighted by Crippen LogP contribution is -2.37. The van der Waals surface area contributed by atoms with Crippen LogP contribution in [0.25, 0.3) is 10.8 Å². The van der Waals surface area contributed by atoms with Gasteiger partial charge in [0.1, 0.15) is 0 Å². The number of benzene rings is 2. The first-order chi connectivity index (χ1) is 11.7. The van der Waals surface area contributed by atoms with Gasteiger partial charge in [0.05, 0.1) is 25.5 Å². The Hall–Kier alpha value is -3.07. The Bertz CT molecular complexity index is 767. The molecule has 1 unspecified atom stereocenters. The van der Waals surface area contributed by atoms with Crippen molar-refractivity contribution in [3.05, 3.63) is 48.0 Å². The van der Waals surface area contributed by atoms with Crippen LogP contribution in [0.5, 0.6) is 0 Å². The van der Waals surface area contributed by atoms with Crippen LogP contribution in [0.1, 0.15) is 17.9 Å². The lowest BCUT2D eigenvalue weighted by Gasteiger charge is -2.18. The second kappa shape index (κ2) is 8.53. The summed E-state index contributed by atoms with van der Waals surface area (Å²) in [6.45, 7) is 0.390. The van der Waals surface area contributed by atoms with Crippen molar-refractivity contribution < 1.29 is 14.3 Å². The number of methoxy groups -OCH3 is 1. The van der Waals surface area contributed by atoms with E-state index >= 15 is 0 Å². The molecule has 2 rings (SSSR count).